The van der Waals surface area contributed by atoms with Gasteiger partial charge in [0.15, 0.2) is 0 Å². The number of amides is 1. The Hall–Kier alpha value is -1.59. The van der Waals surface area contributed by atoms with Crippen molar-refractivity contribution < 1.29 is 4.79 Å². The normalized spacial score (nSPS) is 10.1. The van der Waals surface area contributed by atoms with Crippen molar-refractivity contribution in [1.82, 2.24) is 4.98 Å². The lowest BCUT2D eigenvalue weighted by Gasteiger charge is -2.07. The molecular weight excluding hydrogens is 318 g/mol. The molecule has 0 saturated heterocycles. The van der Waals surface area contributed by atoms with Crippen LogP contribution in [0.1, 0.15) is 10.4 Å². The Morgan fingerprint density at radius 1 is 1.33 bits per heavy atom. The molecule has 0 aliphatic rings. The summed E-state index contributed by atoms with van der Waals surface area (Å²) in [5.41, 5.74) is 6.33. The van der Waals surface area contributed by atoms with Crippen molar-refractivity contribution in [2.75, 3.05) is 11.1 Å². The van der Waals surface area contributed by atoms with Gasteiger partial charge in [-0.05, 0) is 40.2 Å². The van der Waals surface area contributed by atoms with Crippen LogP contribution in [0.5, 0.6) is 0 Å². The second kappa shape index (κ2) is 5.37. The number of anilines is 2. The molecule has 0 aliphatic carbocycles. The molecule has 1 aromatic heterocycles. The summed E-state index contributed by atoms with van der Waals surface area (Å²) in [4.78, 5) is 16.0. The summed E-state index contributed by atoms with van der Waals surface area (Å²) in [7, 11) is 0. The molecule has 6 heteroatoms. The van der Waals surface area contributed by atoms with Gasteiger partial charge in [-0.2, -0.15) is 0 Å². The van der Waals surface area contributed by atoms with E-state index in [1.165, 1.54) is 0 Å². The predicted molar refractivity (Wildman–Crippen MR) is 75.8 cm³/mol. The first-order chi connectivity index (χ1) is 8.58. The summed E-state index contributed by atoms with van der Waals surface area (Å²) >= 11 is 9.23. The molecule has 18 heavy (non-hydrogen) atoms. The Kier molecular flexibility index (Phi) is 3.84. The van der Waals surface area contributed by atoms with E-state index in [1.807, 2.05) is 0 Å². The summed E-state index contributed by atoms with van der Waals surface area (Å²) < 4.78 is 0.836. The first-order valence-electron chi connectivity index (χ1n) is 5.05. The Morgan fingerprint density at radius 2 is 2.11 bits per heavy atom. The molecule has 0 bridgehead atoms. The van der Waals surface area contributed by atoms with Crippen LogP contribution in [0.15, 0.2) is 41.0 Å². The van der Waals surface area contributed by atoms with E-state index in [9.17, 15) is 4.79 Å². The first kappa shape index (κ1) is 12.9. The fraction of sp³-hybridized carbons (Fsp3) is 0. The van der Waals surface area contributed by atoms with E-state index in [2.05, 4.69) is 26.2 Å². The quantitative estimate of drug-likeness (QED) is 0.832. The molecule has 1 aromatic carbocycles. The number of hydrogen-bond acceptors (Lipinski definition) is 3. The lowest BCUT2D eigenvalue weighted by atomic mass is 10.2. The van der Waals surface area contributed by atoms with Crippen LogP contribution >= 0.6 is 27.5 Å². The third-order valence-electron chi connectivity index (χ3n) is 2.24. The van der Waals surface area contributed by atoms with E-state index in [0.717, 1.165) is 4.47 Å². The van der Waals surface area contributed by atoms with Gasteiger partial charge in [-0.15, -0.1) is 0 Å². The fourth-order valence-electron chi connectivity index (χ4n) is 1.36. The van der Waals surface area contributed by atoms with Crippen LogP contribution in [0.4, 0.5) is 11.5 Å². The van der Waals surface area contributed by atoms with E-state index in [4.69, 9.17) is 17.3 Å². The third-order valence-corrected chi connectivity index (χ3v) is 3.13. The minimum Gasteiger partial charge on any atom is -0.398 e. The maximum absolute atomic E-state index is 12.0. The Morgan fingerprint density at radius 3 is 2.78 bits per heavy atom. The molecular formula is C12H9BrClN3O. The van der Waals surface area contributed by atoms with Gasteiger partial charge in [0.1, 0.15) is 5.82 Å². The van der Waals surface area contributed by atoms with E-state index < -0.39 is 0 Å². The SMILES string of the molecule is Nc1cccc(C(=O)Nc2ccc(Br)cn2)c1Cl. The topological polar surface area (TPSA) is 68.0 Å². The van der Waals surface area contributed by atoms with Crippen molar-refractivity contribution in [2.45, 2.75) is 0 Å². The van der Waals surface area contributed by atoms with Gasteiger partial charge in [0.25, 0.3) is 5.91 Å². The van der Waals surface area contributed by atoms with E-state index in [1.54, 1.807) is 36.5 Å². The molecule has 1 heterocycles. The third kappa shape index (κ3) is 2.80. The number of nitrogens with one attached hydrogen (secondary N) is 1. The number of carbonyl (C=O) groups is 1. The minimum atomic E-state index is -0.345. The molecule has 2 rings (SSSR count). The molecule has 0 spiro atoms. The standard InChI is InChI=1S/C12H9BrClN3O/c13-7-4-5-10(16-6-7)17-12(18)8-2-1-3-9(15)11(8)14/h1-6H,15H2,(H,16,17,18). The van der Waals surface area contributed by atoms with Crippen molar-refractivity contribution in [3.63, 3.8) is 0 Å². The van der Waals surface area contributed by atoms with Crippen molar-refractivity contribution >= 4 is 44.9 Å². The van der Waals surface area contributed by atoms with Crippen LogP contribution in [0.25, 0.3) is 0 Å². The number of nitrogens with zero attached hydrogens (tertiary/aromatic N) is 1. The van der Waals surface area contributed by atoms with Crippen molar-refractivity contribution in [3.05, 3.63) is 51.6 Å². The number of nitrogen functional groups attached to an aromatic ring is 1. The van der Waals surface area contributed by atoms with Gasteiger partial charge in [-0.25, -0.2) is 4.98 Å². The van der Waals surface area contributed by atoms with E-state index in [0.29, 0.717) is 17.1 Å². The average molecular weight is 327 g/mol. The summed E-state index contributed by atoms with van der Waals surface area (Å²) in [6.07, 6.45) is 1.59. The number of aromatic nitrogens is 1. The summed E-state index contributed by atoms with van der Waals surface area (Å²) in [6.45, 7) is 0. The van der Waals surface area contributed by atoms with Crippen molar-refractivity contribution in [1.29, 1.82) is 0 Å². The van der Waals surface area contributed by atoms with Crippen LogP contribution < -0.4 is 11.1 Å². The van der Waals surface area contributed by atoms with Crippen LogP contribution in [-0.2, 0) is 0 Å². The zero-order chi connectivity index (χ0) is 13.1. The van der Waals surface area contributed by atoms with E-state index in [-0.39, 0.29) is 10.9 Å². The molecule has 0 atom stereocenters. The monoisotopic (exact) mass is 325 g/mol. The minimum absolute atomic E-state index is 0.243. The second-order valence-corrected chi connectivity index (χ2v) is 4.82. The molecule has 0 saturated carbocycles. The van der Waals surface area contributed by atoms with Gasteiger partial charge < -0.3 is 11.1 Å². The maximum atomic E-state index is 12.0. The molecule has 0 fully saturated rings. The summed E-state index contributed by atoms with van der Waals surface area (Å²) in [5.74, 6) is 0.101. The highest BCUT2D eigenvalue weighted by molar-refractivity contribution is 9.10. The van der Waals surface area contributed by atoms with Crippen LogP contribution in [0, 0.1) is 0 Å². The van der Waals surface area contributed by atoms with Crippen LogP contribution in [0.2, 0.25) is 5.02 Å². The van der Waals surface area contributed by atoms with Gasteiger partial charge in [0.05, 0.1) is 16.3 Å². The highest BCUT2D eigenvalue weighted by atomic mass is 79.9. The maximum Gasteiger partial charge on any atom is 0.258 e. The number of rotatable bonds is 2. The number of hydrogen-bond donors (Lipinski definition) is 2. The largest absolute Gasteiger partial charge is 0.398 e. The molecule has 4 nitrogen and oxygen atoms in total. The number of pyridine rings is 1. The predicted octanol–water partition coefficient (Wildman–Crippen LogP) is 3.33. The molecule has 0 aliphatic heterocycles. The molecule has 92 valence electrons. The highest BCUT2D eigenvalue weighted by Crippen LogP contribution is 2.23. The zero-order valence-electron chi connectivity index (χ0n) is 9.15. The van der Waals surface area contributed by atoms with Gasteiger partial charge in [-0.3, -0.25) is 4.79 Å². The lowest BCUT2D eigenvalue weighted by molar-refractivity contribution is 0.102. The summed E-state index contributed by atoms with van der Waals surface area (Å²) in [6, 6.07) is 8.38. The van der Waals surface area contributed by atoms with Crippen molar-refractivity contribution in [2.24, 2.45) is 0 Å². The first-order valence-corrected chi connectivity index (χ1v) is 6.22. The smallest absolute Gasteiger partial charge is 0.258 e. The highest BCUT2D eigenvalue weighted by Gasteiger charge is 2.12. The molecule has 0 radical (unpaired) electrons. The van der Waals surface area contributed by atoms with E-state index >= 15 is 0 Å². The van der Waals surface area contributed by atoms with Gasteiger partial charge >= 0.3 is 0 Å². The lowest BCUT2D eigenvalue weighted by Crippen LogP contribution is -2.13. The van der Waals surface area contributed by atoms with Crippen LogP contribution in [0.3, 0.4) is 0 Å². The molecule has 1 amide bonds. The Balaban J connectivity index is 2.22. The summed E-state index contributed by atoms with van der Waals surface area (Å²) in [5, 5.41) is 2.89. The fourth-order valence-corrected chi connectivity index (χ4v) is 1.80. The zero-order valence-corrected chi connectivity index (χ0v) is 11.5. The van der Waals surface area contributed by atoms with Gasteiger partial charge in [0, 0.05) is 10.7 Å². The van der Waals surface area contributed by atoms with Gasteiger partial charge in [-0.1, -0.05) is 17.7 Å². The number of carbonyl (C=O) groups excluding carboxylic acids is 1. The number of benzene rings is 1. The second-order valence-electron chi connectivity index (χ2n) is 3.52. The molecule has 2 aromatic rings. The van der Waals surface area contributed by atoms with Gasteiger partial charge in [0.2, 0.25) is 0 Å². The van der Waals surface area contributed by atoms with Crippen molar-refractivity contribution in [3.8, 4) is 0 Å². The number of halogens is 2. The molecule has 0 unspecified atom stereocenters. The average Bonchev–Trinajstić information content (AvgIpc) is 2.35. The number of nitrogens with two attached hydrogens (primary N) is 1. The molecule has 3 N–H and O–H groups in total. The van der Waals surface area contributed by atoms with Crippen LogP contribution in [-0.4, -0.2) is 10.9 Å². The Bertz CT molecular complexity index is 586. The Labute approximate surface area is 117 Å².